The number of hydrogen-bond donors (Lipinski definition) is 1. The zero-order chi connectivity index (χ0) is 15.4. The lowest BCUT2D eigenvalue weighted by Gasteiger charge is -2.21. The molecule has 1 unspecified atom stereocenters. The van der Waals surface area contributed by atoms with E-state index in [0.29, 0.717) is 16.5 Å². The zero-order valence-electron chi connectivity index (χ0n) is 11.5. The van der Waals surface area contributed by atoms with Crippen molar-refractivity contribution in [3.63, 3.8) is 0 Å². The molecule has 0 bridgehead atoms. The van der Waals surface area contributed by atoms with Gasteiger partial charge in [-0.25, -0.2) is 4.39 Å². The van der Waals surface area contributed by atoms with E-state index in [9.17, 15) is 4.39 Å². The number of halogens is 4. The van der Waals surface area contributed by atoms with Gasteiger partial charge in [0.05, 0.1) is 0 Å². The first-order valence-corrected chi connectivity index (χ1v) is 8.47. The van der Waals surface area contributed by atoms with E-state index in [-0.39, 0.29) is 11.9 Å². The van der Waals surface area contributed by atoms with Gasteiger partial charge in [0, 0.05) is 19.7 Å². The standard InChI is InChI=1S/C16H15Cl2FIN/c1-2-21-16(11-7-6-10(19)8-15(11)20)9-12-13(17)4-3-5-14(12)18/h3-8,16,21H,2,9H2,1H3. The molecule has 0 fully saturated rings. The summed E-state index contributed by atoms with van der Waals surface area (Å²) in [6, 6.07) is 10.4. The van der Waals surface area contributed by atoms with Crippen molar-refractivity contribution in [1.29, 1.82) is 0 Å². The average molecular weight is 438 g/mol. The molecule has 2 rings (SSSR count). The molecule has 5 heteroatoms. The van der Waals surface area contributed by atoms with Crippen molar-refractivity contribution in [3.8, 4) is 0 Å². The fourth-order valence-corrected chi connectivity index (χ4v) is 3.66. The predicted molar refractivity (Wildman–Crippen MR) is 95.7 cm³/mol. The molecule has 0 spiro atoms. The van der Waals surface area contributed by atoms with E-state index in [2.05, 4.69) is 27.9 Å². The highest BCUT2D eigenvalue weighted by Gasteiger charge is 2.17. The van der Waals surface area contributed by atoms with Crippen LogP contribution in [0, 0.1) is 9.39 Å². The maximum absolute atomic E-state index is 13.3. The van der Waals surface area contributed by atoms with Gasteiger partial charge in [0.15, 0.2) is 0 Å². The van der Waals surface area contributed by atoms with Gasteiger partial charge in [-0.05, 0) is 70.9 Å². The molecule has 1 atom stereocenters. The van der Waals surface area contributed by atoms with E-state index in [0.717, 1.165) is 21.2 Å². The van der Waals surface area contributed by atoms with Gasteiger partial charge in [-0.2, -0.15) is 0 Å². The summed E-state index contributed by atoms with van der Waals surface area (Å²) in [6.07, 6.45) is 0.661. The van der Waals surface area contributed by atoms with Gasteiger partial charge in [-0.3, -0.25) is 0 Å². The third-order valence-electron chi connectivity index (χ3n) is 3.26. The van der Waals surface area contributed by atoms with E-state index in [1.165, 1.54) is 12.1 Å². The predicted octanol–water partition coefficient (Wildman–Crippen LogP) is 5.63. The van der Waals surface area contributed by atoms with Crippen molar-refractivity contribution in [2.75, 3.05) is 6.54 Å². The van der Waals surface area contributed by atoms with E-state index in [4.69, 9.17) is 23.2 Å². The number of likely N-dealkylation sites (N-methyl/N-ethyl adjacent to an activating group) is 1. The summed E-state index contributed by atoms with van der Waals surface area (Å²) < 4.78 is 14.2. The molecule has 0 heterocycles. The summed E-state index contributed by atoms with van der Waals surface area (Å²) in [5.41, 5.74) is 1.96. The van der Waals surface area contributed by atoms with Gasteiger partial charge in [-0.15, -0.1) is 0 Å². The summed E-state index contributed by atoms with van der Waals surface area (Å²) >= 11 is 14.7. The fraction of sp³-hybridized carbons (Fsp3) is 0.250. The highest BCUT2D eigenvalue weighted by atomic mass is 127. The van der Waals surface area contributed by atoms with Crippen LogP contribution >= 0.6 is 45.8 Å². The molecule has 0 aliphatic carbocycles. The van der Waals surface area contributed by atoms with E-state index in [1.54, 1.807) is 0 Å². The monoisotopic (exact) mass is 437 g/mol. The van der Waals surface area contributed by atoms with Gasteiger partial charge >= 0.3 is 0 Å². The smallest absolute Gasteiger partial charge is 0.124 e. The zero-order valence-corrected chi connectivity index (χ0v) is 15.1. The Labute approximate surface area is 148 Å². The Morgan fingerprint density at radius 3 is 2.43 bits per heavy atom. The minimum Gasteiger partial charge on any atom is -0.310 e. The topological polar surface area (TPSA) is 12.0 Å². The molecule has 2 aromatic carbocycles. The van der Waals surface area contributed by atoms with Crippen molar-refractivity contribution in [2.45, 2.75) is 19.4 Å². The number of nitrogens with one attached hydrogen (secondary N) is 1. The maximum Gasteiger partial charge on any atom is 0.124 e. The van der Waals surface area contributed by atoms with Crippen molar-refractivity contribution >= 4 is 45.8 Å². The molecule has 1 N–H and O–H groups in total. The van der Waals surface area contributed by atoms with Crippen LogP contribution in [-0.2, 0) is 6.42 Å². The van der Waals surface area contributed by atoms with E-state index in [1.807, 2.05) is 31.2 Å². The third kappa shape index (κ3) is 4.31. The maximum atomic E-state index is 13.3. The lowest BCUT2D eigenvalue weighted by Crippen LogP contribution is -2.24. The van der Waals surface area contributed by atoms with Crippen LogP contribution in [0.3, 0.4) is 0 Å². The number of benzene rings is 2. The van der Waals surface area contributed by atoms with Gasteiger partial charge in [0.2, 0.25) is 0 Å². The highest BCUT2D eigenvalue weighted by Crippen LogP contribution is 2.31. The summed E-state index contributed by atoms with van der Waals surface area (Å²) in [5.74, 6) is -0.228. The molecule has 0 aliphatic rings. The van der Waals surface area contributed by atoms with Gasteiger partial charge in [-0.1, -0.05) is 42.3 Å². The molecule has 112 valence electrons. The number of rotatable bonds is 5. The average Bonchev–Trinajstić information content (AvgIpc) is 2.42. The quantitative estimate of drug-likeness (QED) is 0.597. The van der Waals surface area contributed by atoms with Gasteiger partial charge < -0.3 is 5.32 Å². The van der Waals surface area contributed by atoms with Crippen molar-refractivity contribution in [1.82, 2.24) is 5.32 Å². The largest absolute Gasteiger partial charge is 0.310 e. The van der Waals surface area contributed by atoms with Crippen LogP contribution in [-0.4, -0.2) is 6.54 Å². The van der Waals surface area contributed by atoms with Crippen molar-refractivity contribution < 1.29 is 4.39 Å². The molecule has 0 saturated carbocycles. The van der Waals surface area contributed by atoms with Crippen LogP contribution in [0.15, 0.2) is 36.4 Å². The van der Waals surface area contributed by atoms with Crippen LogP contribution in [0.1, 0.15) is 24.1 Å². The van der Waals surface area contributed by atoms with Gasteiger partial charge in [0.25, 0.3) is 0 Å². The molecule has 0 amide bonds. The second-order valence-corrected chi connectivity index (χ2v) is 6.66. The van der Waals surface area contributed by atoms with Crippen LogP contribution < -0.4 is 5.32 Å². The van der Waals surface area contributed by atoms with Crippen molar-refractivity contribution in [2.24, 2.45) is 0 Å². The van der Waals surface area contributed by atoms with Crippen molar-refractivity contribution in [3.05, 3.63) is 67.0 Å². The summed E-state index contributed by atoms with van der Waals surface area (Å²) in [7, 11) is 0. The Morgan fingerprint density at radius 1 is 1.19 bits per heavy atom. The Balaban J connectivity index is 2.35. The molecular weight excluding hydrogens is 423 g/mol. The molecule has 21 heavy (non-hydrogen) atoms. The Hall–Kier alpha value is -0.360. The summed E-state index contributed by atoms with van der Waals surface area (Å²) in [6.45, 7) is 2.85. The molecular formula is C16H15Cl2FIN. The van der Waals surface area contributed by atoms with Crippen LogP contribution in [0.2, 0.25) is 10.0 Å². The van der Waals surface area contributed by atoms with Gasteiger partial charge in [0.1, 0.15) is 5.82 Å². The Bertz CT molecular complexity index is 613. The molecule has 1 nitrogen and oxygen atoms in total. The number of hydrogen-bond acceptors (Lipinski definition) is 1. The van der Waals surface area contributed by atoms with E-state index < -0.39 is 0 Å². The molecule has 0 saturated heterocycles. The second-order valence-electron chi connectivity index (χ2n) is 4.68. The second kappa shape index (κ2) is 7.77. The van der Waals surface area contributed by atoms with Crippen LogP contribution in [0.25, 0.3) is 0 Å². The van der Waals surface area contributed by atoms with E-state index >= 15 is 0 Å². The fourth-order valence-electron chi connectivity index (χ4n) is 2.25. The Kier molecular flexibility index (Phi) is 6.29. The lowest BCUT2D eigenvalue weighted by molar-refractivity contribution is 0.545. The molecule has 0 aliphatic heterocycles. The summed E-state index contributed by atoms with van der Waals surface area (Å²) in [4.78, 5) is 0. The minimum atomic E-state index is -0.228. The van der Waals surface area contributed by atoms with Crippen LogP contribution in [0.5, 0.6) is 0 Å². The highest BCUT2D eigenvalue weighted by molar-refractivity contribution is 14.1. The minimum absolute atomic E-state index is 0.0416. The first-order chi connectivity index (χ1) is 10.0. The lowest BCUT2D eigenvalue weighted by atomic mass is 9.98. The molecule has 2 aromatic rings. The first kappa shape index (κ1) is 17.0. The summed E-state index contributed by atoms with van der Waals surface area (Å²) in [5, 5.41) is 4.73. The van der Waals surface area contributed by atoms with Crippen LogP contribution in [0.4, 0.5) is 4.39 Å². The first-order valence-electron chi connectivity index (χ1n) is 6.64. The molecule has 0 aromatic heterocycles. The SMILES string of the molecule is CCNC(Cc1c(Cl)cccc1Cl)c1ccc(F)cc1I. The third-order valence-corrected chi connectivity index (χ3v) is 4.90. The normalized spacial score (nSPS) is 12.4. The Morgan fingerprint density at radius 2 is 1.86 bits per heavy atom. The molecule has 0 radical (unpaired) electrons.